The molecule has 2 aromatic rings. The highest BCUT2D eigenvalue weighted by atomic mass is 19.1. The maximum Gasteiger partial charge on any atom is 0.133 e. The van der Waals surface area contributed by atoms with Gasteiger partial charge in [0.05, 0.1) is 11.9 Å². The summed E-state index contributed by atoms with van der Waals surface area (Å²) in [6.07, 6.45) is 1.31. The van der Waals surface area contributed by atoms with Gasteiger partial charge in [-0.1, -0.05) is 6.07 Å². The second-order valence-electron chi connectivity index (χ2n) is 3.84. The van der Waals surface area contributed by atoms with E-state index in [-0.39, 0.29) is 11.6 Å². The molecule has 0 spiro atoms. The molecule has 0 unspecified atom stereocenters. The Morgan fingerprint density at radius 3 is 2.50 bits per heavy atom. The van der Waals surface area contributed by atoms with Gasteiger partial charge in [-0.15, -0.1) is 0 Å². The smallest absolute Gasteiger partial charge is 0.133 e. The number of benzene rings is 1. The zero-order valence-corrected chi connectivity index (χ0v) is 9.16. The van der Waals surface area contributed by atoms with Crippen molar-refractivity contribution >= 4 is 0 Å². The van der Waals surface area contributed by atoms with E-state index in [0.717, 1.165) is 11.1 Å². The van der Waals surface area contributed by atoms with Gasteiger partial charge in [0.1, 0.15) is 11.6 Å². The molecular formula is C13H12FNO. The minimum absolute atomic E-state index is 0.0777. The largest absolute Gasteiger partial charge is 0.506 e. The van der Waals surface area contributed by atoms with Crippen LogP contribution in [0.3, 0.4) is 0 Å². The summed E-state index contributed by atoms with van der Waals surface area (Å²) in [5, 5.41) is 9.13. The zero-order chi connectivity index (χ0) is 11.7. The molecule has 3 heteroatoms. The molecule has 0 aliphatic rings. The standard InChI is InChI=1S/C13H12FNO/c1-8-5-9(2)13(11(14)6-8)12-4-3-10(16)7-15-12/h3-7,16H,1-2H3. The Hall–Kier alpha value is -1.90. The van der Waals surface area contributed by atoms with Crippen molar-refractivity contribution in [2.45, 2.75) is 13.8 Å². The van der Waals surface area contributed by atoms with Crippen molar-refractivity contribution < 1.29 is 9.50 Å². The lowest BCUT2D eigenvalue weighted by Gasteiger charge is -2.08. The lowest BCUT2D eigenvalue weighted by molar-refractivity contribution is 0.473. The van der Waals surface area contributed by atoms with Gasteiger partial charge in [-0.3, -0.25) is 4.98 Å². The van der Waals surface area contributed by atoms with Crippen LogP contribution in [0.1, 0.15) is 11.1 Å². The van der Waals surface area contributed by atoms with E-state index in [1.807, 2.05) is 19.9 Å². The Bertz CT molecular complexity index is 497. The zero-order valence-electron chi connectivity index (χ0n) is 9.16. The summed E-state index contributed by atoms with van der Waals surface area (Å²) < 4.78 is 13.8. The van der Waals surface area contributed by atoms with Gasteiger partial charge in [0, 0.05) is 5.56 Å². The van der Waals surface area contributed by atoms with Crippen LogP contribution in [0.2, 0.25) is 0 Å². The molecular weight excluding hydrogens is 205 g/mol. The summed E-state index contributed by atoms with van der Waals surface area (Å²) in [7, 11) is 0. The number of pyridine rings is 1. The molecule has 1 heterocycles. The van der Waals surface area contributed by atoms with Crippen LogP contribution in [0.5, 0.6) is 5.75 Å². The normalized spacial score (nSPS) is 10.4. The first-order chi connectivity index (χ1) is 7.58. The van der Waals surface area contributed by atoms with E-state index in [1.165, 1.54) is 18.3 Å². The Balaban J connectivity index is 2.60. The van der Waals surface area contributed by atoms with Gasteiger partial charge in [0.2, 0.25) is 0 Å². The van der Waals surface area contributed by atoms with Crippen LogP contribution in [0, 0.1) is 19.7 Å². The highest BCUT2D eigenvalue weighted by Gasteiger charge is 2.10. The fourth-order valence-electron chi connectivity index (χ4n) is 1.77. The summed E-state index contributed by atoms with van der Waals surface area (Å²) in [6, 6.07) is 6.50. The quantitative estimate of drug-likeness (QED) is 0.795. The molecule has 0 fully saturated rings. The third-order valence-electron chi connectivity index (χ3n) is 2.44. The number of halogens is 1. The minimum Gasteiger partial charge on any atom is -0.506 e. The SMILES string of the molecule is Cc1cc(C)c(-c2ccc(O)cn2)c(F)c1. The lowest BCUT2D eigenvalue weighted by Crippen LogP contribution is -1.92. The molecule has 0 saturated heterocycles. The van der Waals surface area contributed by atoms with Gasteiger partial charge in [0.15, 0.2) is 0 Å². The van der Waals surface area contributed by atoms with Crippen LogP contribution >= 0.6 is 0 Å². The molecule has 0 atom stereocenters. The monoisotopic (exact) mass is 217 g/mol. The highest BCUT2D eigenvalue weighted by molar-refractivity contribution is 5.65. The highest BCUT2D eigenvalue weighted by Crippen LogP contribution is 2.26. The Labute approximate surface area is 93.4 Å². The van der Waals surface area contributed by atoms with Crippen molar-refractivity contribution in [1.82, 2.24) is 4.98 Å². The summed E-state index contributed by atoms with van der Waals surface area (Å²) >= 11 is 0. The Morgan fingerprint density at radius 1 is 1.19 bits per heavy atom. The van der Waals surface area contributed by atoms with Gasteiger partial charge in [-0.05, 0) is 43.2 Å². The molecule has 0 saturated carbocycles. The molecule has 82 valence electrons. The number of nitrogens with zero attached hydrogens (tertiary/aromatic N) is 1. The minimum atomic E-state index is -0.282. The first kappa shape index (κ1) is 10.6. The van der Waals surface area contributed by atoms with E-state index in [4.69, 9.17) is 5.11 Å². The van der Waals surface area contributed by atoms with Crippen LogP contribution < -0.4 is 0 Å². The first-order valence-corrected chi connectivity index (χ1v) is 5.00. The molecule has 2 rings (SSSR count). The predicted molar refractivity (Wildman–Crippen MR) is 60.8 cm³/mol. The fourth-order valence-corrected chi connectivity index (χ4v) is 1.77. The maximum atomic E-state index is 13.8. The van der Waals surface area contributed by atoms with E-state index in [1.54, 1.807) is 6.07 Å². The molecule has 0 bridgehead atoms. The average molecular weight is 217 g/mol. The van der Waals surface area contributed by atoms with E-state index in [2.05, 4.69) is 4.98 Å². The Kier molecular flexibility index (Phi) is 2.60. The lowest BCUT2D eigenvalue weighted by atomic mass is 10.0. The van der Waals surface area contributed by atoms with Crippen molar-refractivity contribution in [2.24, 2.45) is 0 Å². The van der Waals surface area contributed by atoms with Gasteiger partial charge in [-0.2, -0.15) is 0 Å². The Morgan fingerprint density at radius 2 is 1.94 bits per heavy atom. The number of aromatic nitrogens is 1. The fraction of sp³-hybridized carbons (Fsp3) is 0.154. The van der Waals surface area contributed by atoms with Crippen LogP contribution in [-0.4, -0.2) is 10.1 Å². The molecule has 0 aliphatic heterocycles. The molecule has 0 amide bonds. The number of rotatable bonds is 1. The van der Waals surface area contributed by atoms with Crippen molar-refractivity contribution in [3.05, 3.63) is 47.4 Å². The van der Waals surface area contributed by atoms with Gasteiger partial charge in [0.25, 0.3) is 0 Å². The second kappa shape index (κ2) is 3.93. The van der Waals surface area contributed by atoms with Crippen molar-refractivity contribution in [3.63, 3.8) is 0 Å². The summed E-state index contributed by atoms with van der Waals surface area (Å²) in [5.41, 5.74) is 2.76. The first-order valence-electron chi connectivity index (χ1n) is 5.00. The molecule has 1 N–H and O–H groups in total. The number of aromatic hydroxyl groups is 1. The van der Waals surface area contributed by atoms with E-state index < -0.39 is 0 Å². The summed E-state index contributed by atoms with van der Waals surface area (Å²) in [5.74, 6) is -0.204. The predicted octanol–water partition coefficient (Wildman–Crippen LogP) is 3.21. The number of aryl methyl sites for hydroxylation is 2. The molecule has 1 aromatic carbocycles. The molecule has 0 aliphatic carbocycles. The van der Waals surface area contributed by atoms with Gasteiger partial charge in [-0.25, -0.2) is 4.39 Å². The van der Waals surface area contributed by atoms with Gasteiger partial charge >= 0.3 is 0 Å². The molecule has 1 aromatic heterocycles. The summed E-state index contributed by atoms with van der Waals surface area (Å²) in [6.45, 7) is 3.70. The van der Waals surface area contributed by atoms with Crippen molar-refractivity contribution in [3.8, 4) is 17.0 Å². The average Bonchev–Trinajstić information content (AvgIpc) is 2.19. The topological polar surface area (TPSA) is 33.1 Å². The van der Waals surface area contributed by atoms with Crippen LogP contribution in [0.25, 0.3) is 11.3 Å². The maximum absolute atomic E-state index is 13.8. The molecule has 16 heavy (non-hydrogen) atoms. The van der Waals surface area contributed by atoms with E-state index >= 15 is 0 Å². The molecule has 0 radical (unpaired) electrons. The number of hydrogen-bond acceptors (Lipinski definition) is 2. The van der Waals surface area contributed by atoms with Crippen molar-refractivity contribution in [1.29, 1.82) is 0 Å². The van der Waals surface area contributed by atoms with Crippen molar-refractivity contribution in [2.75, 3.05) is 0 Å². The van der Waals surface area contributed by atoms with Crippen LogP contribution in [0.4, 0.5) is 4.39 Å². The second-order valence-corrected chi connectivity index (χ2v) is 3.84. The van der Waals surface area contributed by atoms with E-state index in [9.17, 15) is 4.39 Å². The van der Waals surface area contributed by atoms with Crippen LogP contribution in [0.15, 0.2) is 30.5 Å². The third kappa shape index (κ3) is 1.89. The molecule has 2 nitrogen and oxygen atoms in total. The number of hydrogen-bond donors (Lipinski definition) is 1. The van der Waals surface area contributed by atoms with Crippen LogP contribution in [-0.2, 0) is 0 Å². The summed E-state index contributed by atoms with van der Waals surface area (Å²) in [4.78, 5) is 4.01. The van der Waals surface area contributed by atoms with E-state index in [0.29, 0.717) is 11.3 Å². The third-order valence-corrected chi connectivity index (χ3v) is 2.44. The van der Waals surface area contributed by atoms with Gasteiger partial charge < -0.3 is 5.11 Å².